The SMILES string of the molecule is CSCc1ccc(CNCCCN(C)C)o1. The third kappa shape index (κ3) is 5.58. The van der Waals surface area contributed by atoms with E-state index in [4.69, 9.17) is 4.42 Å². The van der Waals surface area contributed by atoms with E-state index >= 15 is 0 Å². The lowest BCUT2D eigenvalue weighted by Crippen LogP contribution is -2.20. The van der Waals surface area contributed by atoms with Crippen molar-refractivity contribution in [3.05, 3.63) is 23.7 Å². The topological polar surface area (TPSA) is 28.4 Å². The molecule has 1 rings (SSSR count). The summed E-state index contributed by atoms with van der Waals surface area (Å²) in [4.78, 5) is 2.20. The Kier molecular flexibility index (Phi) is 6.61. The first-order chi connectivity index (χ1) is 7.72. The maximum atomic E-state index is 5.66. The number of nitrogens with zero attached hydrogens (tertiary/aromatic N) is 1. The van der Waals surface area contributed by atoms with E-state index in [0.717, 1.165) is 36.9 Å². The van der Waals surface area contributed by atoms with Crippen molar-refractivity contribution >= 4 is 11.8 Å². The molecule has 0 aliphatic rings. The maximum absolute atomic E-state index is 5.66. The van der Waals surface area contributed by atoms with E-state index in [1.807, 2.05) is 0 Å². The number of thioether (sulfide) groups is 1. The van der Waals surface area contributed by atoms with Crippen LogP contribution in [0.4, 0.5) is 0 Å². The molecule has 0 aliphatic carbocycles. The fourth-order valence-electron chi connectivity index (χ4n) is 1.47. The Morgan fingerprint density at radius 1 is 1.31 bits per heavy atom. The van der Waals surface area contributed by atoms with Gasteiger partial charge in [-0.3, -0.25) is 0 Å². The van der Waals surface area contributed by atoms with Crippen LogP contribution in [0.3, 0.4) is 0 Å². The predicted octanol–water partition coefficient (Wildman–Crippen LogP) is 2.18. The molecule has 0 spiro atoms. The van der Waals surface area contributed by atoms with Crippen molar-refractivity contribution in [2.45, 2.75) is 18.7 Å². The molecule has 0 amide bonds. The molecular weight excluding hydrogens is 220 g/mol. The molecular formula is C12H22N2OS. The summed E-state index contributed by atoms with van der Waals surface area (Å²) in [5, 5.41) is 3.39. The third-order valence-electron chi connectivity index (χ3n) is 2.26. The van der Waals surface area contributed by atoms with Gasteiger partial charge in [-0.25, -0.2) is 0 Å². The molecule has 0 unspecified atom stereocenters. The second-order valence-corrected chi connectivity index (χ2v) is 5.00. The smallest absolute Gasteiger partial charge is 0.117 e. The fraction of sp³-hybridized carbons (Fsp3) is 0.667. The van der Waals surface area contributed by atoms with Crippen LogP contribution in [0.1, 0.15) is 17.9 Å². The van der Waals surface area contributed by atoms with Crippen LogP contribution in [-0.2, 0) is 12.3 Å². The first kappa shape index (κ1) is 13.6. The molecule has 0 saturated heterocycles. The van der Waals surface area contributed by atoms with E-state index in [1.54, 1.807) is 11.8 Å². The average Bonchev–Trinajstić information content (AvgIpc) is 2.65. The summed E-state index contributed by atoms with van der Waals surface area (Å²) >= 11 is 1.78. The number of nitrogens with one attached hydrogen (secondary N) is 1. The molecule has 1 aromatic heterocycles. The molecule has 0 atom stereocenters. The zero-order valence-electron chi connectivity index (χ0n) is 10.5. The van der Waals surface area contributed by atoms with Crippen molar-refractivity contribution in [1.29, 1.82) is 0 Å². The van der Waals surface area contributed by atoms with E-state index in [2.05, 4.69) is 42.7 Å². The van der Waals surface area contributed by atoms with Gasteiger partial charge in [0.05, 0.1) is 12.3 Å². The highest BCUT2D eigenvalue weighted by atomic mass is 32.2. The highest BCUT2D eigenvalue weighted by Gasteiger charge is 2.00. The zero-order valence-corrected chi connectivity index (χ0v) is 11.3. The van der Waals surface area contributed by atoms with Crippen LogP contribution >= 0.6 is 11.8 Å². The molecule has 16 heavy (non-hydrogen) atoms. The molecule has 0 aromatic carbocycles. The van der Waals surface area contributed by atoms with Gasteiger partial charge in [0, 0.05) is 0 Å². The maximum Gasteiger partial charge on any atom is 0.117 e. The third-order valence-corrected chi connectivity index (χ3v) is 2.84. The first-order valence-corrected chi connectivity index (χ1v) is 7.03. The molecule has 0 fully saturated rings. The van der Waals surface area contributed by atoms with E-state index in [1.165, 1.54) is 6.42 Å². The Hall–Kier alpha value is -0.450. The Morgan fingerprint density at radius 2 is 2.06 bits per heavy atom. The van der Waals surface area contributed by atoms with Crippen molar-refractivity contribution < 1.29 is 4.42 Å². The Balaban J connectivity index is 2.12. The van der Waals surface area contributed by atoms with Gasteiger partial charge in [-0.1, -0.05) is 0 Å². The second kappa shape index (κ2) is 7.76. The number of rotatable bonds is 8. The highest BCUT2D eigenvalue weighted by molar-refractivity contribution is 7.97. The second-order valence-electron chi connectivity index (χ2n) is 4.13. The van der Waals surface area contributed by atoms with Crippen molar-refractivity contribution in [2.24, 2.45) is 0 Å². The molecule has 4 heteroatoms. The summed E-state index contributed by atoms with van der Waals surface area (Å²) < 4.78 is 5.66. The van der Waals surface area contributed by atoms with Crippen LogP contribution in [0.2, 0.25) is 0 Å². The standard InChI is InChI=1S/C12H22N2OS/c1-14(2)8-4-7-13-9-11-5-6-12(15-11)10-16-3/h5-6,13H,4,7-10H2,1-3H3. The fourth-order valence-corrected chi connectivity index (χ4v) is 1.91. The van der Waals surface area contributed by atoms with Gasteiger partial charge in [-0.15, -0.1) is 0 Å². The van der Waals surface area contributed by atoms with Crippen LogP contribution in [0.15, 0.2) is 16.5 Å². The van der Waals surface area contributed by atoms with Crippen LogP contribution in [0.5, 0.6) is 0 Å². The Labute approximate surface area is 103 Å². The van der Waals surface area contributed by atoms with Crippen molar-refractivity contribution in [2.75, 3.05) is 33.4 Å². The van der Waals surface area contributed by atoms with E-state index < -0.39 is 0 Å². The van der Waals surface area contributed by atoms with Crippen LogP contribution in [0, 0.1) is 0 Å². The molecule has 0 bridgehead atoms. The summed E-state index contributed by atoms with van der Waals surface area (Å²) in [6.45, 7) is 3.00. The zero-order chi connectivity index (χ0) is 11.8. The molecule has 92 valence electrons. The summed E-state index contributed by atoms with van der Waals surface area (Å²) in [5.74, 6) is 3.06. The van der Waals surface area contributed by atoms with Crippen LogP contribution in [-0.4, -0.2) is 38.3 Å². The lowest BCUT2D eigenvalue weighted by atomic mass is 10.4. The minimum atomic E-state index is 0.835. The molecule has 1 heterocycles. The summed E-state index contributed by atoms with van der Waals surface area (Å²) in [6.07, 6.45) is 3.26. The Bertz CT molecular complexity index is 286. The van der Waals surface area contributed by atoms with E-state index in [0.29, 0.717) is 0 Å². The highest BCUT2D eigenvalue weighted by Crippen LogP contribution is 2.12. The summed E-state index contributed by atoms with van der Waals surface area (Å²) in [7, 11) is 4.20. The molecule has 0 aliphatic heterocycles. The summed E-state index contributed by atoms with van der Waals surface area (Å²) in [6, 6.07) is 4.12. The van der Waals surface area contributed by atoms with Gasteiger partial charge in [0.1, 0.15) is 11.5 Å². The molecule has 3 nitrogen and oxygen atoms in total. The monoisotopic (exact) mass is 242 g/mol. The minimum Gasteiger partial charge on any atom is -0.464 e. The lowest BCUT2D eigenvalue weighted by Gasteiger charge is -2.08. The van der Waals surface area contributed by atoms with Gasteiger partial charge in [-0.05, 0) is 52.0 Å². The normalized spacial score (nSPS) is 11.2. The Morgan fingerprint density at radius 3 is 2.75 bits per heavy atom. The van der Waals surface area contributed by atoms with Gasteiger partial charge in [0.2, 0.25) is 0 Å². The van der Waals surface area contributed by atoms with Gasteiger partial charge < -0.3 is 14.6 Å². The van der Waals surface area contributed by atoms with Gasteiger partial charge in [0.25, 0.3) is 0 Å². The summed E-state index contributed by atoms with van der Waals surface area (Å²) in [5.41, 5.74) is 0. The molecule has 1 aromatic rings. The van der Waals surface area contributed by atoms with E-state index in [9.17, 15) is 0 Å². The van der Waals surface area contributed by atoms with Gasteiger partial charge in [-0.2, -0.15) is 11.8 Å². The van der Waals surface area contributed by atoms with Crippen LogP contribution in [0.25, 0.3) is 0 Å². The predicted molar refractivity (Wildman–Crippen MR) is 70.8 cm³/mol. The largest absolute Gasteiger partial charge is 0.464 e. The van der Waals surface area contributed by atoms with Gasteiger partial charge in [0.15, 0.2) is 0 Å². The van der Waals surface area contributed by atoms with Crippen molar-refractivity contribution in [3.63, 3.8) is 0 Å². The first-order valence-electron chi connectivity index (χ1n) is 5.64. The number of hydrogen-bond donors (Lipinski definition) is 1. The van der Waals surface area contributed by atoms with Gasteiger partial charge >= 0.3 is 0 Å². The minimum absolute atomic E-state index is 0.835. The molecule has 0 saturated carbocycles. The quantitative estimate of drug-likeness (QED) is 0.707. The number of furan rings is 1. The van der Waals surface area contributed by atoms with Crippen LogP contribution < -0.4 is 5.32 Å². The van der Waals surface area contributed by atoms with Crippen molar-refractivity contribution in [3.8, 4) is 0 Å². The number of hydrogen-bond acceptors (Lipinski definition) is 4. The average molecular weight is 242 g/mol. The molecule has 0 radical (unpaired) electrons. The molecule has 1 N–H and O–H groups in total. The van der Waals surface area contributed by atoms with Crippen molar-refractivity contribution in [1.82, 2.24) is 10.2 Å². The van der Waals surface area contributed by atoms with E-state index in [-0.39, 0.29) is 0 Å². The lowest BCUT2D eigenvalue weighted by molar-refractivity contribution is 0.389.